The molecule has 1 fully saturated rings. The maximum Gasteiger partial charge on any atom is 0.256 e. The highest BCUT2D eigenvalue weighted by atomic mass is 16.5. The van der Waals surface area contributed by atoms with Gasteiger partial charge in [-0.3, -0.25) is 19.2 Å². The molecule has 4 amide bonds. The molecule has 2 atom stereocenters. The Morgan fingerprint density at radius 1 is 1.24 bits per heavy atom. The number of nitrogens with two attached hydrogens (primary N) is 1. The van der Waals surface area contributed by atoms with Gasteiger partial charge >= 0.3 is 0 Å². The van der Waals surface area contributed by atoms with Gasteiger partial charge in [0.1, 0.15) is 11.8 Å². The van der Waals surface area contributed by atoms with Crippen LogP contribution in [0.3, 0.4) is 0 Å². The van der Waals surface area contributed by atoms with E-state index in [1.165, 1.54) is 17.1 Å². The molecule has 4 rings (SSSR count). The topological polar surface area (TPSA) is 131 Å². The molecule has 0 bridgehead atoms. The van der Waals surface area contributed by atoms with Gasteiger partial charge in [-0.2, -0.15) is 0 Å². The fourth-order valence-corrected chi connectivity index (χ4v) is 4.21. The number of carbonyl (C=O) groups is 4. The average Bonchev–Trinajstić information content (AvgIpc) is 3.18. The second-order valence-electron chi connectivity index (χ2n) is 7.99. The van der Waals surface area contributed by atoms with Crippen molar-refractivity contribution in [3.8, 4) is 5.75 Å². The minimum atomic E-state index is -0.689. The highest BCUT2D eigenvalue weighted by molar-refractivity contribution is 6.10. The summed E-state index contributed by atoms with van der Waals surface area (Å²) in [5.74, 6) is -0.807. The number of nitrogens with one attached hydrogen (secondary N) is 2. The Balaban J connectivity index is 1.49. The molecule has 0 aliphatic carbocycles. The zero-order valence-corrected chi connectivity index (χ0v) is 18.0. The fourth-order valence-electron chi connectivity index (χ4n) is 4.21. The highest BCUT2D eigenvalue weighted by Gasteiger charge is 2.43. The molecule has 0 spiro atoms. The Kier molecular flexibility index (Phi) is 6.12. The molecule has 2 aromatic carbocycles. The van der Waals surface area contributed by atoms with Gasteiger partial charge in [-0.25, -0.2) is 0 Å². The molecule has 0 aromatic heterocycles. The zero-order chi connectivity index (χ0) is 23.5. The highest BCUT2D eigenvalue weighted by Crippen LogP contribution is 2.30. The van der Waals surface area contributed by atoms with Crippen LogP contribution in [0.25, 0.3) is 6.08 Å². The molecule has 0 radical (unpaired) electrons. The number of benzene rings is 2. The number of fused-ring (bicyclic) bond motifs is 2. The van der Waals surface area contributed by atoms with E-state index in [1.807, 2.05) is 18.2 Å². The number of hydrogen-bond acceptors (Lipinski definition) is 5. The quantitative estimate of drug-likeness (QED) is 0.570. The van der Waals surface area contributed by atoms with Crippen molar-refractivity contribution in [2.75, 3.05) is 19.0 Å². The Hall–Kier alpha value is -4.14. The number of primary amides is 1. The number of ether oxygens (including phenoxy) is 1. The van der Waals surface area contributed by atoms with E-state index in [1.54, 1.807) is 31.4 Å². The van der Waals surface area contributed by atoms with Crippen molar-refractivity contribution in [1.82, 2.24) is 10.2 Å². The summed E-state index contributed by atoms with van der Waals surface area (Å²) in [5, 5.41) is 5.73. The van der Waals surface area contributed by atoms with E-state index in [-0.39, 0.29) is 36.7 Å². The SMILES string of the molecule is COc1ccccc1CC(=O)N[C@@H]1C[C@@H]2C(=O)Nc3ccc(C=CC(N)=O)cc3C(=O)N2C1. The number of hydrogen-bond donors (Lipinski definition) is 3. The molecule has 2 aliphatic heterocycles. The van der Waals surface area contributed by atoms with Gasteiger partial charge in [-0.15, -0.1) is 0 Å². The van der Waals surface area contributed by atoms with Gasteiger partial charge in [-0.1, -0.05) is 24.3 Å². The normalized spacial score (nSPS) is 19.5. The Morgan fingerprint density at radius 2 is 2.03 bits per heavy atom. The molecule has 2 heterocycles. The molecule has 2 aliphatic rings. The van der Waals surface area contributed by atoms with E-state index in [0.29, 0.717) is 29.0 Å². The van der Waals surface area contributed by atoms with E-state index in [2.05, 4.69) is 10.6 Å². The lowest BCUT2D eigenvalue weighted by Crippen LogP contribution is -2.41. The molecule has 33 heavy (non-hydrogen) atoms. The van der Waals surface area contributed by atoms with Crippen LogP contribution in [0.2, 0.25) is 0 Å². The third-order valence-corrected chi connectivity index (χ3v) is 5.75. The van der Waals surface area contributed by atoms with Crippen LogP contribution < -0.4 is 21.1 Å². The van der Waals surface area contributed by atoms with Crippen LogP contribution in [0.4, 0.5) is 5.69 Å². The first kappa shape index (κ1) is 22.1. The van der Waals surface area contributed by atoms with E-state index in [4.69, 9.17) is 10.5 Å². The monoisotopic (exact) mass is 448 g/mol. The van der Waals surface area contributed by atoms with Gasteiger partial charge in [0.15, 0.2) is 0 Å². The summed E-state index contributed by atoms with van der Waals surface area (Å²) >= 11 is 0. The first-order valence-corrected chi connectivity index (χ1v) is 10.5. The van der Waals surface area contributed by atoms with Gasteiger partial charge in [0.25, 0.3) is 5.91 Å². The van der Waals surface area contributed by atoms with Crippen LogP contribution in [0.5, 0.6) is 5.75 Å². The van der Waals surface area contributed by atoms with Crippen molar-refractivity contribution in [3.63, 3.8) is 0 Å². The number of methoxy groups -OCH3 is 1. The summed E-state index contributed by atoms with van der Waals surface area (Å²) in [4.78, 5) is 51.2. The van der Waals surface area contributed by atoms with Crippen molar-refractivity contribution in [2.24, 2.45) is 5.73 Å². The van der Waals surface area contributed by atoms with Gasteiger partial charge in [0.2, 0.25) is 17.7 Å². The molecule has 9 nitrogen and oxygen atoms in total. The lowest BCUT2D eigenvalue weighted by atomic mass is 10.1. The first-order chi connectivity index (χ1) is 15.9. The fraction of sp³-hybridized carbons (Fsp3) is 0.250. The van der Waals surface area contributed by atoms with Crippen LogP contribution >= 0.6 is 0 Å². The maximum atomic E-state index is 13.2. The summed E-state index contributed by atoms with van der Waals surface area (Å²) < 4.78 is 5.29. The second kappa shape index (κ2) is 9.15. The molecule has 170 valence electrons. The molecule has 0 saturated carbocycles. The van der Waals surface area contributed by atoms with Gasteiger partial charge in [-0.05, 0) is 36.3 Å². The predicted octanol–water partition coefficient (Wildman–Crippen LogP) is 1.09. The van der Waals surface area contributed by atoms with Crippen molar-refractivity contribution in [3.05, 3.63) is 65.2 Å². The molecule has 2 aromatic rings. The summed E-state index contributed by atoms with van der Waals surface area (Å²) in [7, 11) is 1.55. The van der Waals surface area contributed by atoms with Crippen molar-refractivity contribution in [1.29, 1.82) is 0 Å². The Morgan fingerprint density at radius 3 is 2.79 bits per heavy atom. The van der Waals surface area contributed by atoms with Crippen LogP contribution in [-0.4, -0.2) is 54.3 Å². The number of anilines is 1. The van der Waals surface area contributed by atoms with Crippen LogP contribution in [0.1, 0.15) is 27.9 Å². The lowest BCUT2D eigenvalue weighted by Gasteiger charge is -2.20. The van der Waals surface area contributed by atoms with Crippen LogP contribution in [0, 0.1) is 0 Å². The Bertz CT molecular complexity index is 1160. The van der Waals surface area contributed by atoms with E-state index in [9.17, 15) is 19.2 Å². The molecular formula is C24H24N4O5. The van der Waals surface area contributed by atoms with E-state index < -0.39 is 11.9 Å². The smallest absolute Gasteiger partial charge is 0.256 e. The van der Waals surface area contributed by atoms with Crippen LogP contribution in [-0.2, 0) is 20.8 Å². The average molecular weight is 448 g/mol. The van der Waals surface area contributed by atoms with E-state index >= 15 is 0 Å². The maximum absolute atomic E-state index is 13.2. The minimum Gasteiger partial charge on any atom is -0.496 e. The number of para-hydroxylation sites is 1. The lowest BCUT2D eigenvalue weighted by molar-refractivity contribution is -0.121. The largest absolute Gasteiger partial charge is 0.496 e. The number of rotatable bonds is 6. The summed E-state index contributed by atoms with van der Waals surface area (Å²) in [6.07, 6.45) is 3.15. The number of carbonyl (C=O) groups excluding carboxylic acids is 4. The van der Waals surface area contributed by atoms with Crippen LogP contribution in [0.15, 0.2) is 48.5 Å². The molecule has 9 heteroatoms. The summed E-state index contributed by atoms with van der Waals surface area (Å²) in [5.41, 5.74) is 7.23. The van der Waals surface area contributed by atoms with Gasteiger partial charge < -0.3 is 26.0 Å². The molecule has 4 N–H and O–H groups in total. The minimum absolute atomic E-state index is 0.129. The zero-order valence-electron chi connectivity index (χ0n) is 18.0. The molecular weight excluding hydrogens is 424 g/mol. The van der Waals surface area contributed by atoms with Gasteiger partial charge in [0, 0.05) is 24.2 Å². The van der Waals surface area contributed by atoms with Crippen molar-refractivity contribution >= 4 is 35.4 Å². The van der Waals surface area contributed by atoms with Crippen molar-refractivity contribution in [2.45, 2.75) is 24.9 Å². The standard InChI is InChI=1S/C24H24N4O5/c1-33-20-5-3-2-4-15(20)11-22(30)26-16-12-19-23(31)27-18-8-6-14(7-9-21(25)29)10-17(18)24(32)28(19)13-16/h2-10,16,19H,11-13H2,1H3,(H2,25,29)(H,26,30)(H,27,31)/t16-,19-/m1/s1. The third-order valence-electron chi connectivity index (χ3n) is 5.75. The number of nitrogens with zero attached hydrogens (tertiary/aromatic N) is 1. The third kappa shape index (κ3) is 4.72. The predicted molar refractivity (Wildman–Crippen MR) is 121 cm³/mol. The summed E-state index contributed by atoms with van der Waals surface area (Å²) in [6, 6.07) is 11.1. The second-order valence-corrected chi connectivity index (χ2v) is 7.99. The van der Waals surface area contributed by atoms with E-state index in [0.717, 1.165) is 5.56 Å². The Labute approximate surface area is 190 Å². The number of amides is 4. The van der Waals surface area contributed by atoms with Crippen molar-refractivity contribution < 1.29 is 23.9 Å². The molecule has 0 unspecified atom stereocenters. The summed E-state index contributed by atoms with van der Waals surface area (Å²) in [6.45, 7) is 0.218. The van der Waals surface area contributed by atoms with Gasteiger partial charge in [0.05, 0.1) is 24.8 Å². The molecule has 1 saturated heterocycles. The first-order valence-electron chi connectivity index (χ1n) is 10.5.